The number of alkyl halides is 3. The SMILES string of the molecule is CC(C)(C)NC(=O)OC1CCCN(C2=NC(=O)C(=Cc3ccc4c(cnn4Cc4ccc(Cl)cc4C(F)(F)F)c3)S2)C1. The number of alkyl carbamates (subject to hydrolysis) is 1. The Morgan fingerprint density at radius 2 is 2.00 bits per heavy atom. The topological polar surface area (TPSA) is 88.8 Å². The predicted molar refractivity (Wildman–Crippen MR) is 157 cm³/mol. The number of aromatic nitrogens is 2. The summed E-state index contributed by atoms with van der Waals surface area (Å²) in [6, 6.07) is 9.07. The van der Waals surface area contributed by atoms with Gasteiger partial charge in [-0.1, -0.05) is 23.7 Å². The molecule has 1 unspecified atom stereocenters. The molecule has 2 aromatic carbocycles. The van der Waals surface area contributed by atoms with E-state index in [1.165, 1.54) is 28.6 Å². The van der Waals surface area contributed by atoms with Crippen molar-refractivity contribution in [2.24, 2.45) is 4.99 Å². The van der Waals surface area contributed by atoms with Crippen molar-refractivity contribution in [3.05, 3.63) is 69.2 Å². The molecule has 1 N–H and O–H groups in total. The number of carbonyl (C=O) groups excluding carboxylic acids is 2. The molecular weight excluding hydrogens is 591 g/mol. The van der Waals surface area contributed by atoms with Crippen molar-refractivity contribution < 1.29 is 27.5 Å². The van der Waals surface area contributed by atoms with Gasteiger partial charge in [0.1, 0.15) is 6.10 Å². The molecule has 2 aliphatic rings. The summed E-state index contributed by atoms with van der Waals surface area (Å²) in [5.74, 6) is -0.360. The first kappa shape index (κ1) is 30.0. The smallest absolute Gasteiger partial charge is 0.416 e. The molecule has 0 aliphatic carbocycles. The maximum absolute atomic E-state index is 13.6. The second-order valence-corrected chi connectivity index (χ2v) is 12.7. The summed E-state index contributed by atoms with van der Waals surface area (Å²) in [6.07, 6.45) is -0.497. The number of amides is 2. The largest absolute Gasteiger partial charge is 0.444 e. The molecule has 8 nitrogen and oxygen atoms in total. The Morgan fingerprint density at radius 3 is 2.74 bits per heavy atom. The summed E-state index contributed by atoms with van der Waals surface area (Å²) >= 11 is 7.07. The van der Waals surface area contributed by atoms with Gasteiger partial charge in [0.15, 0.2) is 5.17 Å². The number of aliphatic imine (C=N–C) groups is 1. The standard InChI is InChI=1S/C29H29ClF3N5O3S/c1-28(2,3)36-27(40)41-21-5-4-10-37(16-21)26-35-25(39)24(42-26)12-17-6-9-23-19(11-17)14-34-38(23)15-18-7-8-20(30)13-22(18)29(31,32)33/h6-9,11-14,21H,4-5,10,15-16H2,1-3H3,(H,36,40). The van der Waals surface area contributed by atoms with Crippen LogP contribution in [0.5, 0.6) is 0 Å². The molecule has 222 valence electrons. The van der Waals surface area contributed by atoms with E-state index in [9.17, 15) is 22.8 Å². The van der Waals surface area contributed by atoms with Gasteiger partial charge in [0.25, 0.3) is 5.91 Å². The lowest BCUT2D eigenvalue weighted by Gasteiger charge is -2.33. The van der Waals surface area contributed by atoms with E-state index < -0.39 is 23.4 Å². The number of hydrogen-bond donors (Lipinski definition) is 1. The van der Waals surface area contributed by atoms with E-state index in [4.69, 9.17) is 16.3 Å². The highest BCUT2D eigenvalue weighted by molar-refractivity contribution is 8.18. The Balaban J connectivity index is 1.27. The number of hydrogen-bond acceptors (Lipinski definition) is 6. The molecular formula is C29H29ClF3N5O3S. The zero-order valence-corrected chi connectivity index (χ0v) is 24.7. The van der Waals surface area contributed by atoms with Crippen molar-refractivity contribution in [1.82, 2.24) is 20.0 Å². The van der Waals surface area contributed by atoms with Crippen LogP contribution in [0.2, 0.25) is 5.02 Å². The van der Waals surface area contributed by atoms with Crippen molar-refractivity contribution in [3.8, 4) is 0 Å². The fraction of sp³-hybridized carbons (Fsp3) is 0.379. The van der Waals surface area contributed by atoms with Crippen molar-refractivity contribution in [2.75, 3.05) is 13.1 Å². The molecule has 2 amide bonds. The number of carbonyl (C=O) groups is 2. The number of benzene rings is 2. The third kappa shape index (κ3) is 7.09. The Morgan fingerprint density at radius 1 is 1.21 bits per heavy atom. The van der Waals surface area contributed by atoms with Crippen molar-refractivity contribution in [2.45, 2.75) is 58.0 Å². The minimum atomic E-state index is -4.54. The molecule has 0 spiro atoms. The van der Waals surface area contributed by atoms with Crippen LogP contribution in [-0.2, 0) is 22.3 Å². The molecule has 3 heterocycles. The van der Waals surface area contributed by atoms with Crippen molar-refractivity contribution in [1.29, 1.82) is 0 Å². The van der Waals surface area contributed by atoms with E-state index in [0.717, 1.165) is 24.5 Å². The number of amidine groups is 1. The number of fused-ring (bicyclic) bond motifs is 1. The van der Waals surface area contributed by atoms with E-state index in [1.54, 1.807) is 24.4 Å². The van der Waals surface area contributed by atoms with Gasteiger partial charge in [-0.05, 0) is 86.8 Å². The van der Waals surface area contributed by atoms with Gasteiger partial charge >= 0.3 is 12.3 Å². The molecule has 3 aromatic rings. The van der Waals surface area contributed by atoms with Gasteiger partial charge < -0.3 is 15.0 Å². The number of piperidine rings is 1. The average Bonchev–Trinajstić information content (AvgIpc) is 3.46. The first-order valence-corrected chi connectivity index (χ1v) is 14.5. The molecule has 0 bridgehead atoms. The lowest BCUT2D eigenvalue weighted by Crippen LogP contribution is -2.46. The van der Waals surface area contributed by atoms with Crippen LogP contribution in [-0.4, -0.2) is 56.6 Å². The minimum Gasteiger partial charge on any atom is -0.444 e. The summed E-state index contributed by atoms with van der Waals surface area (Å²) in [4.78, 5) is 31.6. The number of nitrogens with zero attached hydrogens (tertiary/aromatic N) is 4. The fourth-order valence-electron chi connectivity index (χ4n) is 4.81. The van der Waals surface area contributed by atoms with Crippen LogP contribution in [0, 0.1) is 0 Å². The second-order valence-electron chi connectivity index (χ2n) is 11.2. The Labute approximate surface area is 249 Å². The van der Waals surface area contributed by atoms with Gasteiger partial charge in [-0.15, -0.1) is 0 Å². The van der Waals surface area contributed by atoms with Crippen LogP contribution in [0.25, 0.3) is 17.0 Å². The zero-order valence-electron chi connectivity index (χ0n) is 23.2. The first-order chi connectivity index (χ1) is 19.7. The summed E-state index contributed by atoms with van der Waals surface area (Å²) in [5, 5.41) is 8.38. The van der Waals surface area contributed by atoms with Gasteiger partial charge in [0, 0.05) is 22.5 Å². The van der Waals surface area contributed by atoms with E-state index in [2.05, 4.69) is 15.4 Å². The number of ether oxygens (including phenoxy) is 1. The molecule has 1 atom stereocenters. The summed E-state index contributed by atoms with van der Waals surface area (Å²) in [5.41, 5.74) is 0.235. The van der Waals surface area contributed by atoms with E-state index in [1.807, 2.05) is 31.7 Å². The number of rotatable bonds is 4. The van der Waals surface area contributed by atoms with Crippen LogP contribution < -0.4 is 5.32 Å². The van der Waals surface area contributed by atoms with E-state index in [-0.39, 0.29) is 29.1 Å². The molecule has 1 fully saturated rings. The monoisotopic (exact) mass is 619 g/mol. The molecule has 1 saturated heterocycles. The third-order valence-corrected chi connectivity index (χ3v) is 7.95. The van der Waals surface area contributed by atoms with Crippen molar-refractivity contribution >= 4 is 57.5 Å². The zero-order chi connectivity index (χ0) is 30.2. The molecule has 1 aromatic heterocycles. The maximum Gasteiger partial charge on any atom is 0.416 e. The molecule has 42 heavy (non-hydrogen) atoms. The number of halogens is 4. The third-order valence-electron chi connectivity index (χ3n) is 6.67. The number of nitrogens with one attached hydrogen (secondary N) is 1. The minimum absolute atomic E-state index is 0.0116. The van der Waals surface area contributed by atoms with Crippen LogP contribution in [0.15, 0.2) is 52.5 Å². The van der Waals surface area contributed by atoms with Gasteiger partial charge in [-0.2, -0.15) is 23.3 Å². The highest BCUT2D eigenvalue weighted by Crippen LogP contribution is 2.35. The summed E-state index contributed by atoms with van der Waals surface area (Å²) in [7, 11) is 0. The maximum atomic E-state index is 13.6. The fourth-order valence-corrected chi connectivity index (χ4v) is 5.93. The Bertz CT molecular complexity index is 1600. The second kappa shape index (κ2) is 11.6. The van der Waals surface area contributed by atoms with Gasteiger partial charge in [0.2, 0.25) is 0 Å². The Kier molecular flexibility index (Phi) is 8.30. The first-order valence-electron chi connectivity index (χ1n) is 13.3. The molecule has 13 heteroatoms. The Hall–Kier alpha value is -3.51. The highest BCUT2D eigenvalue weighted by atomic mass is 35.5. The van der Waals surface area contributed by atoms with Gasteiger partial charge in [-0.3, -0.25) is 9.48 Å². The molecule has 0 radical (unpaired) electrons. The highest BCUT2D eigenvalue weighted by Gasteiger charge is 2.34. The molecule has 0 saturated carbocycles. The number of thioether (sulfide) groups is 1. The van der Waals surface area contributed by atoms with Gasteiger partial charge in [-0.25, -0.2) is 4.79 Å². The van der Waals surface area contributed by atoms with E-state index >= 15 is 0 Å². The average molecular weight is 620 g/mol. The van der Waals surface area contributed by atoms with Gasteiger partial charge in [0.05, 0.1) is 35.3 Å². The normalized spacial score (nSPS) is 19.0. The van der Waals surface area contributed by atoms with Crippen LogP contribution in [0.4, 0.5) is 18.0 Å². The lowest BCUT2D eigenvalue weighted by molar-refractivity contribution is -0.138. The summed E-state index contributed by atoms with van der Waals surface area (Å²) < 4.78 is 47.8. The molecule has 5 rings (SSSR count). The molecule has 2 aliphatic heterocycles. The van der Waals surface area contributed by atoms with E-state index in [0.29, 0.717) is 34.1 Å². The quantitative estimate of drug-likeness (QED) is 0.326. The number of likely N-dealkylation sites (tertiary alicyclic amines) is 1. The summed E-state index contributed by atoms with van der Waals surface area (Å²) in [6.45, 7) is 6.69. The van der Waals surface area contributed by atoms with Crippen LogP contribution >= 0.6 is 23.4 Å². The lowest BCUT2D eigenvalue weighted by atomic mass is 10.1. The van der Waals surface area contributed by atoms with Crippen LogP contribution in [0.1, 0.15) is 50.3 Å². The predicted octanol–water partition coefficient (Wildman–Crippen LogP) is 6.72. The van der Waals surface area contributed by atoms with Crippen molar-refractivity contribution in [3.63, 3.8) is 0 Å². The van der Waals surface area contributed by atoms with Crippen LogP contribution in [0.3, 0.4) is 0 Å².